The zero-order chi connectivity index (χ0) is 13.5. The van der Waals surface area contributed by atoms with Gasteiger partial charge in [-0.2, -0.15) is 0 Å². The zero-order valence-corrected chi connectivity index (χ0v) is 12.9. The van der Waals surface area contributed by atoms with Crippen molar-refractivity contribution in [1.29, 1.82) is 0 Å². The first-order valence-electron chi connectivity index (χ1n) is 5.79. The monoisotopic (exact) mass is 363 g/mol. The number of ether oxygens (including phenoxy) is 2. The summed E-state index contributed by atoms with van der Waals surface area (Å²) in [6, 6.07) is 7.93. The Morgan fingerprint density at radius 1 is 1.44 bits per heavy atom. The molecule has 0 aliphatic heterocycles. The highest BCUT2D eigenvalue weighted by Crippen LogP contribution is 2.28. The molecule has 1 amide bonds. The molecule has 1 aromatic rings. The molecule has 0 saturated heterocycles. The molecule has 0 bridgehead atoms. The van der Waals surface area contributed by atoms with Crippen molar-refractivity contribution < 1.29 is 14.3 Å². The van der Waals surface area contributed by atoms with Crippen LogP contribution in [0.2, 0.25) is 0 Å². The molecular formula is C13H18INO3. The minimum absolute atomic E-state index is 0.250. The molecule has 1 rings (SSSR count). The Morgan fingerprint density at radius 2 is 2.11 bits per heavy atom. The van der Waals surface area contributed by atoms with Crippen LogP contribution < -0.4 is 5.32 Å². The summed E-state index contributed by atoms with van der Waals surface area (Å²) in [4.78, 5) is 11.3. The Bertz CT molecular complexity index is 398. The predicted molar refractivity (Wildman–Crippen MR) is 78.5 cm³/mol. The first-order chi connectivity index (χ1) is 8.63. The van der Waals surface area contributed by atoms with Gasteiger partial charge in [0.15, 0.2) is 0 Å². The van der Waals surface area contributed by atoms with Gasteiger partial charge in [-0.05, 0) is 40.6 Å². The third-order valence-corrected chi connectivity index (χ3v) is 3.65. The van der Waals surface area contributed by atoms with E-state index in [0.717, 1.165) is 9.13 Å². The number of carbonyl (C=O) groups is 1. The molecule has 18 heavy (non-hydrogen) atoms. The van der Waals surface area contributed by atoms with Crippen molar-refractivity contribution in [2.45, 2.75) is 25.6 Å². The molecule has 0 aliphatic carbocycles. The molecule has 4 nitrogen and oxygen atoms in total. The number of amides is 1. The molecule has 0 heterocycles. The molecule has 2 atom stereocenters. The maximum Gasteiger partial charge on any atom is 0.407 e. The van der Waals surface area contributed by atoms with Crippen LogP contribution in [0.3, 0.4) is 0 Å². The summed E-state index contributed by atoms with van der Waals surface area (Å²) < 4.78 is 11.9. The van der Waals surface area contributed by atoms with E-state index in [1.54, 1.807) is 14.2 Å². The Morgan fingerprint density at radius 3 is 2.61 bits per heavy atom. The number of nitrogens with one attached hydrogen (secondary N) is 1. The SMILES string of the molecule is CC[C@H](OC(=O)NC)[C@@H](OC)c1ccccc1I. The van der Waals surface area contributed by atoms with Crippen LogP contribution in [0.4, 0.5) is 4.79 Å². The van der Waals surface area contributed by atoms with Crippen LogP contribution in [0, 0.1) is 3.57 Å². The summed E-state index contributed by atoms with van der Waals surface area (Å²) in [5.41, 5.74) is 1.04. The van der Waals surface area contributed by atoms with Gasteiger partial charge in [-0.25, -0.2) is 4.79 Å². The number of rotatable bonds is 5. The fourth-order valence-electron chi connectivity index (χ4n) is 1.74. The van der Waals surface area contributed by atoms with E-state index in [0.29, 0.717) is 6.42 Å². The van der Waals surface area contributed by atoms with E-state index >= 15 is 0 Å². The van der Waals surface area contributed by atoms with Crippen molar-refractivity contribution in [2.75, 3.05) is 14.2 Å². The number of hydrogen-bond acceptors (Lipinski definition) is 3. The van der Waals surface area contributed by atoms with Gasteiger partial charge in [0, 0.05) is 17.7 Å². The lowest BCUT2D eigenvalue weighted by Gasteiger charge is -2.26. The fourth-order valence-corrected chi connectivity index (χ4v) is 2.43. The van der Waals surface area contributed by atoms with Crippen LogP contribution in [-0.4, -0.2) is 26.4 Å². The predicted octanol–water partition coefficient (Wildman–Crippen LogP) is 3.11. The van der Waals surface area contributed by atoms with Gasteiger partial charge < -0.3 is 14.8 Å². The summed E-state index contributed by atoms with van der Waals surface area (Å²) in [6.07, 6.45) is -0.294. The molecule has 0 fully saturated rings. The van der Waals surface area contributed by atoms with Crippen molar-refractivity contribution in [3.05, 3.63) is 33.4 Å². The summed E-state index contributed by atoms with van der Waals surface area (Å²) in [6.45, 7) is 1.97. The molecule has 0 aromatic heterocycles. The van der Waals surface area contributed by atoms with E-state index in [2.05, 4.69) is 27.9 Å². The number of carbonyl (C=O) groups excluding carboxylic acids is 1. The molecule has 1 N–H and O–H groups in total. The van der Waals surface area contributed by atoms with Gasteiger partial charge in [-0.3, -0.25) is 0 Å². The second kappa shape index (κ2) is 7.58. The summed E-state index contributed by atoms with van der Waals surface area (Å²) >= 11 is 2.26. The molecule has 100 valence electrons. The maximum atomic E-state index is 11.3. The fraction of sp³-hybridized carbons (Fsp3) is 0.462. The van der Waals surface area contributed by atoms with E-state index in [9.17, 15) is 4.79 Å². The highest BCUT2D eigenvalue weighted by molar-refractivity contribution is 14.1. The van der Waals surface area contributed by atoms with Gasteiger partial charge in [0.2, 0.25) is 0 Å². The second-order valence-corrected chi connectivity index (χ2v) is 4.94. The van der Waals surface area contributed by atoms with Gasteiger partial charge in [0.25, 0.3) is 0 Å². The van der Waals surface area contributed by atoms with Gasteiger partial charge in [0.1, 0.15) is 12.2 Å². The average Bonchev–Trinajstić information content (AvgIpc) is 2.40. The van der Waals surface area contributed by atoms with Gasteiger partial charge in [0.05, 0.1) is 0 Å². The number of hydrogen-bond donors (Lipinski definition) is 1. The molecule has 0 unspecified atom stereocenters. The highest BCUT2D eigenvalue weighted by Gasteiger charge is 2.26. The van der Waals surface area contributed by atoms with Crippen molar-refractivity contribution in [2.24, 2.45) is 0 Å². The van der Waals surface area contributed by atoms with Crippen LogP contribution in [0.1, 0.15) is 25.0 Å². The molecule has 1 aromatic carbocycles. The number of alkyl carbamates (subject to hydrolysis) is 1. The zero-order valence-electron chi connectivity index (χ0n) is 10.8. The molecule has 0 spiro atoms. The van der Waals surface area contributed by atoms with Crippen LogP contribution in [0.15, 0.2) is 24.3 Å². The standard InChI is InChI=1S/C13H18INO3/c1-4-11(18-13(16)15-2)12(17-3)9-7-5-6-8-10(9)14/h5-8,11-12H,4H2,1-3H3,(H,15,16)/t11-,12-/m0/s1. The maximum absolute atomic E-state index is 11.3. The third kappa shape index (κ3) is 3.84. The van der Waals surface area contributed by atoms with Crippen molar-refractivity contribution in [3.63, 3.8) is 0 Å². The largest absolute Gasteiger partial charge is 0.443 e. The van der Waals surface area contributed by atoms with Crippen LogP contribution >= 0.6 is 22.6 Å². The molecule has 0 saturated carbocycles. The minimum Gasteiger partial charge on any atom is -0.443 e. The lowest BCUT2D eigenvalue weighted by atomic mass is 10.0. The van der Waals surface area contributed by atoms with Gasteiger partial charge >= 0.3 is 6.09 Å². The quantitative estimate of drug-likeness (QED) is 0.818. The molecule has 0 aliphatic rings. The first-order valence-corrected chi connectivity index (χ1v) is 6.87. The van der Waals surface area contributed by atoms with E-state index in [4.69, 9.17) is 9.47 Å². The lowest BCUT2D eigenvalue weighted by molar-refractivity contribution is -0.0252. The Labute approximate surface area is 121 Å². The minimum atomic E-state index is -0.435. The first kappa shape index (κ1) is 15.2. The normalized spacial score (nSPS) is 13.8. The Balaban J connectivity index is 2.93. The van der Waals surface area contributed by atoms with Crippen molar-refractivity contribution in [1.82, 2.24) is 5.32 Å². The molecule has 5 heteroatoms. The summed E-state index contributed by atoms with van der Waals surface area (Å²) in [5.74, 6) is 0. The van der Waals surface area contributed by atoms with E-state index in [1.807, 2.05) is 31.2 Å². The van der Waals surface area contributed by atoms with Gasteiger partial charge in [-0.15, -0.1) is 0 Å². The summed E-state index contributed by atoms with van der Waals surface area (Å²) in [7, 11) is 3.17. The van der Waals surface area contributed by atoms with Crippen LogP contribution in [0.25, 0.3) is 0 Å². The Hall–Kier alpha value is -0.820. The number of methoxy groups -OCH3 is 1. The van der Waals surface area contributed by atoms with Crippen LogP contribution in [0.5, 0.6) is 0 Å². The summed E-state index contributed by atoms with van der Waals surface area (Å²) in [5, 5.41) is 2.46. The molecule has 0 radical (unpaired) electrons. The second-order valence-electron chi connectivity index (χ2n) is 3.78. The lowest BCUT2D eigenvalue weighted by Crippen LogP contribution is -2.31. The highest BCUT2D eigenvalue weighted by atomic mass is 127. The topological polar surface area (TPSA) is 47.6 Å². The van der Waals surface area contributed by atoms with Crippen molar-refractivity contribution in [3.8, 4) is 0 Å². The van der Waals surface area contributed by atoms with Gasteiger partial charge in [-0.1, -0.05) is 25.1 Å². The number of halogens is 1. The average molecular weight is 363 g/mol. The van der Waals surface area contributed by atoms with E-state index in [1.165, 1.54) is 0 Å². The van der Waals surface area contributed by atoms with E-state index < -0.39 is 6.09 Å². The van der Waals surface area contributed by atoms with Crippen LogP contribution in [-0.2, 0) is 9.47 Å². The Kier molecular flexibility index (Phi) is 6.42. The number of benzene rings is 1. The van der Waals surface area contributed by atoms with E-state index in [-0.39, 0.29) is 12.2 Å². The third-order valence-electron chi connectivity index (χ3n) is 2.67. The smallest absolute Gasteiger partial charge is 0.407 e. The van der Waals surface area contributed by atoms with Crippen molar-refractivity contribution >= 4 is 28.7 Å². The molecular weight excluding hydrogens is 345 g/mol.